The molecule has 0 aliphatic rings. The average Bonchev–Trinajstić information content (AvgIpc) is 2.18. The lowest BCUT2D eigenvalue weighted by atomic mass is 10.4. The van der Waals surface area contributed by atoms with Gasteiger partial charge in [-0.1, -0.05) is 18.2 Å². The van der Waals surface area contributed by atoms with Gasteiger partial charge in [-0.05, 0) is 26.2 Å². The van der Waals surface area contributed by atoms with E-state index in [2.05, 4.69) is 4.72 Å². The molecule has 0 saturated heterocycles. The number of benzene rings is 1. The maximum atomic E-state index is 11.6. The van der Waals surface area contributed by atoms with Crippen LogP contribution in [0.2, 0.25) is 0 Å². The number of sulfonamides is 1. The lowest BCUT2D eigenvalue weighted by Crippen LogP contribution is -2.26. The predicted octanol–water partition coefficient (Wildman–Crippen LogP) is 0.541. The largest absolute Gasteiger partial charge is 0.308 e. The number of hydrogen-bond donors (Lipinski definition) is 0. The molecule has 0 saturated carbocycles. The number of rotatable bonds is 5. The van der Waals surface area contributed by atoms with E-state index in [-0.39, 0.29) is 4.90 Å². The van der Waals surface area contributed by atoms with Crippen LogP contribution in [0.3, 0.4) is 0 Å². The minimum atomic E-state index is -3.46. The Balaban J connectivity index is 2.61. The molecule has 0 bridgehead atoms. The second kappa shape index (κ2) is 5.25. The zero-order chi connectivity index (χ0) is 11.3. The second-order valence-electron chi connectivity index (χ2n) is 3.44. The number of likely N-dealkylation sites (N-methyl/N-ethyl adjacent to an activating group) is 1. The van der Waals surface area contributed by atoms with Gasteiger partial charge in [0.2, 0.25) is 0 Å². The van der Waals surface area contributed by atoms with Crippen LogP contribution in [-0.2, 0) is 10.0 Å². The van der Waals surface area contributed by atoms with Gasteiger partial charge in [-0.3, -0.25) is 0 Å². The minimum Gasteiger partial charge on any atom is -0.308 e. The van der Waals surface area contributed by atoms with Crippen molar-refractivity contribution in [1.29, 1.82) is 0 Å². The zero-order valence-corrected chi connectivity index (χ0v) is 9.74. The van der Waals surface area contributed by atoms with Gasteiger partial charge in [0, 0.05) is 13.1 Å². The fourth-order valence-electron chi connectivity index (χ4n) is 1.03. The molecule has 83 valence electrons. The van der Waals surface area contributed by atoms with Crippen LogP contribution >= 0.6 is 0 Å². The van der Waals surface area contributed by atoms with Gasteiger partial charge in [0.05, 0.1) is 4.90 Å². The molecule has 1 aromatic rings. The highest BCUT2D eigenvalue weighted by molar-refractivity contribution is 7.89. The van der Waals surface area contributed by atoms with E-state index in [1.807, 2.05) is 19.0 Å². The first-order valence-electron chi connectivity index (χ1n) is 4.66. The first kappa shape index (κ1) is 12.2. The zero-order valence-electron chi connectivity index (χ0n) is 8.92. The third kappa shape index (κ3) is 3.99. The van der Waals surface area contributed by atoms with Crippen LogP contribution in [0.4, 0.5) is 0 Å². The van der Waals surface area contributed by atoms with E-state index in [4.69, 9.17) is 0 Å². The molecule has 5 heteroatoms. The van der Waals surface area contributed by atoms with E-state index in [1.54, 1.807) is 30.3 Å². The molecule has 0 amide bonds. The molecule has 1 rings (SSSR count). The Labute approximate surface area is 91.0 Å². The summed E-state index contributed by atoms with van der Waals surface area (Å²) in [7, 11) is 0.302. The SMILES string of the molecule is CN(C)CC[N]S(=O)(=O)c1ccccc1. The molecule has 0 fully saturated rings. The van der Waals surface area contributed by atoms with Gasteiger partial charge in [0.1, 0.15) is 0 Å². The summed E-state index contributed by atoms with van der Waals surface area (Å²) >= 11 is 0. The van der Waals surface area contributed by atoms with Crippen LogP contribution in [0.5, 0.6) is 0 Å². The topological polar surface area (TPSA) is 51.5 Å². The highest BCUT2D eigenvalue weighted by Gasteiger charge is 2.13. The summed E-state index contributed by atoms with van der Waals surface area (Å²) < 4.78 is 27.0. The van der Waals surface area contributed by atoms with Crippen molar-refractivity contribution in [3.8, 4) is 0 Å². The van der Waals surface area contributed by atoms with Crippen LogP contribution < -0.4 is 4.72 Å². The molecule has 0 aliphatic carbocycles. The maximum Gasteiger partial charge on any atom is 0.256 e. The summed E-state index contributed by atoms with van der Waals surface area (Å²) in [6.07, 6.45) is 0. The molecular weight excluding hydrogens is 212 g/mol. The molecule has 15 heavy (non-hydrogen) atoms. The molecule has 0 atom stereocenters. The van der Waals surface area contributed by atoms with Crippen LogP contribution in [0.15, 0.2) is 35.2 Å². The number of hydrogen-bond acceptors (Lipinski definition) is 3. The van der Waals surface area contributed by atoms with Crippen molar-refractivity contribution in [2.45, 2.75) is 4.90 Å². The fraction of sp³-hybridized carbons (Fsp3) is 0.400. The Hall–Kier alpha value is -0.910. The van der Waals surface area contributed by atoms with Crippen molar-refractivity contribution < 1.29 is 8.42 Å². The highest BCUT2D eigenvalue weighted by Crippen LogP contribution is 2.07. The van der Waals surface area contributed by atoms with Gasteiger partial charge < -0.3 is 4.90 Å². The Morgan fingerprint density at radius 2 is 1.80 bits per heavy atom. The lowest BCUT2D eigenvalue weighted by molar-refractivity contribution is 0.411. The van der Waals surface area contributed by atoms with E-state index in [1.165, 1.54) is 0 Å². The average molecular weight is 227 g/mol. The first-order chi connectivity index (χ1) is 7.02. The van der Waals surface area contributed by atoms with Gasteiger partial charge in [0.25, 0.3) is 10.0 Å². The van der Waals surface area contributed by atoms with Crippen molar-refractivity contribution in [2.75, 3.05) is 27.2 Å². The van der Waals surface area contributed by atoms with Gasteiger partial charge in [-0.15, -0.1) is 4.72 Å². The molecular formula is C10H15N2O2S. The fourth-order valence-corrected chi connectivity index (χ4v) is 2.00. The van der Waals surface area contributed by atoms with Gasteiger partial charge in [-0.25, -0.2) is 8.42 Å². The quantitative estimate of drug-likeness (QED) is 0.738. The summed E-state index contributed by atoms with van der Waals surface area (Å²) in [5.41, 5.74) is 0. The minimum absolute atomic E-state index is 0.253. The van der Waals surface area contributed by atoms with Crippen LogP contribution in [-0.4, -0.2) is 40.5 Å². The maximum absolute atomic E-state index is 11.6. The van der Waals surface area contributed by atoms with Crippen LogP contribution in [0.1, 0.15) is 0 Å². The summed E-state index contributed by atoms with van der Waals surface area (Å²) in [5, 5.41) is 0. The van der Waals surface area contributed by atoms with E-state index >= 15 is 0 Å². The van der Waals surface area contributed by atoms with E-state index < -0.39 is 10.0 Å². The third-order valence-electron chi connectivity index (χ3n) is 1.85. The predicted molar refractivity (Wildman–Crippen MR) is 59.2 cm³/mol. The summed E-state index contributed by atoms with van der Waals surface area (Å²) in [6, 6.07) is 8.25. The molecule has 0 aromatic heterocycles. The molecule has 0 aliphatic heterocycles. The Bertz CT molecular complexity index is 387. The second-order valence-corrected chi connectivity index (χ2v) is 5.12. The van der Waals surface area contributed by atoms with Crippen molar-refractivity contribution in [3.05, 3.63) is 30.3 Å². The van der Waals surface area contributed by atoms with Gasteiger partial charge >= 0.3 is 0 Å². The van der Waals surface area contributed by atoms with E-state index in [0.29, 0.717) is 13.1 Å². The molecule has 4 nitrogen and oxygen atoms in total. The highest BCUT2D eigenvalue weighted by atomic mass is 32.2. The van der Waals surface area contributed by atoms with Crippen molar-refractivity contribution in [2.24, 2.45) is 0 Å². The molecule has 0 N–H and O–H groups in total. The summed E-state index contributed by atoms with van der Waals surface area (Å²) in [6.45, 7) is 0.927. The molecule has 0 unspecified atom stereocenters. The van der Waals surface area contributed by atoms with Crippen molar-refractivity contribution in [3.63, 3.8) is 0 Å². The first-order valence-corrected chi connectivity index (χ1v) is 6.10. The standard InChI is InChI=1S/C10H15N2O2S/c1-12(2)9-8-11-15(13,14)10-6-4-3-5-7-10/h3-7H,8-9H2,1-2H3. The van der Waals surface area contributed by atoms with Gasteiger partial charge in [0.15, 0.2) is 0 Å². The van der Waals surface area contributed by atoms with E-state index in [9.17, 15) is 8.42 Å². The Kier molecular flexibility index (Phi) is 4.26. The molecule has 1 radical (unpaired) electrons. The smallest absolute Gasteiger partial charge is 0.256 e. The Morgan fingerprint density at radius 1 is 1.20 bits per heavy atom. The summed E-state index contributed by atoms with van der Waals surface area (Å²) in [4.78, 5) is 2.15. The van der Waals surface area contributed by atoms with Crippen molar-refractivity contribution >= 4 is 10.0 Å². The third-order valence-corrected chi connectivity index (χ3v) is 3.24. The normalized spacial score (nSPS) is 11.9. The molecule has 1 aromatic carbocycles. The van der Waals surface area contributed by atoms with Gasteiger partial charge in [-0.2, -0.15) is 0 Å². The molecule has 0 heterocycles. The Morgan fingerprint density at radius 3 is 2.33 bits per heavy atom. The van der Waals surface area contributed by atoms with Crippen molar-refractivity contribution in [1.82, 2.24) is 9.62 Å². The monoisotopic (exact) mass is 227 g/mol. The lowest BCUT2D eigenvalue weighted by Gasteiger charge is -2.09. The van der Waals surface area contributed by atoms with Crippen LogP contribution in [0, 0.1) is 0 Å². The van der Waals surface area contributed by atoms with Crippen LogP contribution in [0.25, 0.3) is 0 Å². The molecule has 0 spiro atoms. The number of nitrogens with zero attached hydrogens (tertiary/aromatic N) is 2. The summed E-state index contributed by atoms with van der Waals surface area (Å²) in [5.74, 6) is 0. The van der Waals surface area contributed by atoms with E-state index in [0.717, 1.165) is 0 Å².